The monoisotopic (exact) mass is 204 g/mol. The summed E-state index contributed by atoms with van der Waals surface area (Å²) in [6.45, 7) is 7.50. The van der Waals surface area contributed by atoms with Gasteiger partial charge in [-0.2, -0.15) is 0 Å². The molecule has 1 heteroatoms. The predicted molar refractivity (Wildman–Crippen MR) is 64.7 cm³/mol. The van der Waals surface area contributed by atoms with Crippen LogP contribution in [-0.4, -0.2) is 6.61 Å². The molecule has 0 saturated carbocycles. The molecular formula is C14H20O. The van der Waals surface area contributed by atoms with Crippen LogP contribution < -0.4 is 0 Å². The predicted octanol–water partition coefficient (Wildman–Crippen LogP) is 3.81. The first-order chi connectivity index (χ1) is 7.36. The molecule has 15 heavy (non-hydrogen) atoms. The maximum absolute atomic E-state index is 5.68. The largest absolute Gasteiger partial charge is 0.376 e. The van der Waals surface area contributed by atoms with Gasteiger partial charge in [0.2, 0.25) is 0 Å². The maximum atomic E-state index is 5.68. The van der Waals surface area contributed by atoms with E-state index in [9.17, 15) is 0 Å². The van der Waals surface area contributed by atoms with Gasteiger partial charge in [0.25, 0.3) is 0 Å². The third-order valence-electron chi connectivity index (χ3n) is 2.54. The minimum Gasteiger partial charge on any atom is -0.376 e. The van der Waals surface area contributed by atoms with E-state index in [0.717, 1.165) is 19.4 Å². The van der Waals surface area contributed by atoms with Crippen molar-refractivity contribution in [3.63, 3.8) is 0 Å². The van der Waals surface area contributed by atoms with Crippen LogP contribution in [0.15, 0.2) is 43.0 Å². The van der Waals surface area contributed by atoms with Crippen molar-refractivity contribution >= 4 is 0 Å². The lowest BCUT2D eigenvalue weighted by Gasteiger charge is -2.12. The zero-order valence-corrected chi connectivity index (χ0v) is 9.49. The lowest BCUT2D eigenvalue weighted by atomic mass is 10.0. The number of allylic oxidation sites excluding steroid dienone is 1. The van der Waals surface area contributed by atoms with Crippen LogP contribution in [-0.2, 0) is 11.3 Å². The highest BCUT2D eigenvalue weighted by molar-refractivity contribution is 5.13. The lowest BCUT2D eigenvalue weighted by molar-refractivity contribution is 0.0864. The van der Waals surface area contributed by atoms with Crippen LogP contribution in [0.25, 0.3) is 0 Å². The molecule has 1 atom stereocenters. The van der Waals surface area contributed by atoms with Gasteiger partial charge >= 0.3 is 0 Å². The first-order valence-corrected chi connectivity index (χ1v) is 5.59. The van der Waals surface area contributed by atoms with E-state index >= 15 is 0 Å². The van der Waals surface area contributed by atoms with Gasteiger partial charge in [-0.05, 0) is 17.9 Å². The zero-order chi connectivity index (χ0) is 10.9. The molecule has 82 valence electrons. The summed E-state index contributed by atoms with van der Waals surface area (Å²) in [6.07, 6.45) is 4.17. The number of ether oxygens (including phenoxy) is 1. The topological polar surface area (TPSA) is 9.23 Å². The molecule has 0 amide bonds. The summed E-state index contributed by atoms with van der Waals surface area (Å²) in [7, 11) is 0. The molecule has 0 aromatic heterocycles. The quantitative estimate of drug-likeness (QED) is 0.614. The minimum atomic E-state index is 0.617. The van der Waals surface area contributed by atoms with E-state index in [1.807, 2.05) is 24.3 Å². The molecular weight excluding hydrogens is 184 g/mol. The van der Waals surface area contributed by atoms with Crippen LogP contribution in [0.2, 0.25) is 0 Å². The van der Waals surface area contributed by atoms with E-state index < -0.39 is 0 Å². The molecule has 1 aromatic rings. The van der Waals surface area contributed by atoms with E-state index in [2.05, 4.69) is 25.6 Å². The Labute approximate surface area is 92.8 Å². The van der Waals surface area contributed by atoms with Crippen molar-refractivity contribution in [1.29, 1.82) is 0 Å². The molecule has 0 radical (unpaired) electrons. The van der Waals surface area contributed by atoms with Crippen molar-refractivity contribution in [2.24, 2.45) is 5.92 Å². The van der Waals surface area contributed by atoms with Crippen molar-refractivity contribution in [2.45, 2.75) is 26.4 Å². The summed E-state index contributed by atoms with van der Waals surface area (Å²) in [5.74, 6) is 0.617. The first kappa shape index (κ1) is 12.0. The number of rotatable bonds is 7. The lowest BCUT2D eigenvalue weighted by Crippen LogP contribution is -2.07. The van der Waals surface area contributed by atoms with Gasteiger partial charge in [-0.25, -0.2) is 0 Å². The molecule has 0 fully saturated rings. The van der Waals surface area contributed by atoms with Crippen LogP contribution in [0.4, 0.5) is 0 Å². The van der Waals surface area contributed by atoms with Crippen LogP contribution in [0.5, 0.6) is 0 Å². The van der Waals surface area contributed by atoms with E-state index in [4.69, 9.17) is 4.74 Å². The fraction of sp³-hybridized carbons (Fsp3) is 0.429. The average molecular weight is 204 g/mol. The minimum absolute atomic E-state index is 0.617. The molecule has 0 heterocycles. The van der Waals surface area contributed by atoms with Crippen molar-refractivity contribution in [3.8, 4) is 0 Å². The molecule has 0 saturated heterocycles. The van der Waals surface area contributed by atoms with E-state index in [1.165, 1.54) is 5.56 Å². The summed E-state index contributed by atoms with van der Waals surface area (Å²) in [5, 5.41) is 0. The fourth-order valence-corrected chi connectivity index (χ4v) is 1.51. The maximum Gasteiger partial charge on any atom is 0.0717 e. The molecule has 0 aliphatic rings. The van der Waals surface area contributed by atoms with Crippen molar-refractivity contribution in [3.05, 3.63) is 48.6 Å². The normalized spacial score (nSPS) is 12.3. The highest BCUT2D eigenvalue weighted by atomic mass is 16.5. The van der Waals surface area contributed by atoms with Crippen LogP contribution in [0, 0.1) is 5.92 Å². The SMILES string of the molecule is C=CCC(CC)COCc1ccccc1. The summed E-state index contributed by atoms with van der Waals surface area (Å²) < 4.78 is 5.68. The molecule has 0 aliphatic heterocycles. The van der Waals surface area contributed by atoms with Gasteiger partial charge in [0.1, 0.15) is 0 Å². The van der Waals surface area contributed by atoms with Gasteiger partial charge in [0.15, 0.2) is 0 Å². The third-order valence-corrected chi connectivity index (χ3v) is 2.54. The molecule has 0 N–H and O–H groups in total. The number of hydrogen-bond acceptors (Lipinski definition) is 1. The Hall–Kier alpha value is -1.08. The summed E-state index contributed by atoms with van der Waals surface area (Å²) >= 11 is 0. The Bertz CT molecular complexity index is 266. The summed E-state index contributed by atoms with van der Waals surface area (Å²) in [6, 6.07) is 10.3. The number of benzene rings is 1. The Morgan fingerprint density at radius 1 is 1.33 bits per heavy atom. The second kappa shape index (κ2) is 7.24. The van der Waals surface area contributed by atoms with Gasteiger partial charge < -0.3 is 4.74 Å². The van der Waals surface area contributed by atoms with Gasteiger partial charge in [-0.1, -0.05) is 49.8 Å². The van der Waals surface area contributed by atoms with E-state index in [0.29, 0.717) is 12.5 Å². The molecule has 1 aromatic carbocycles. The highest BCUT2D eigenvalue weighted by Crippen LogP contribution is 2.10. The van der Waals surface area contributed by atoms with Gasteiger partial charge in [0, 0.05) is 0 Å². The summed E-state index contributed by atoms with van der Waals surface area (Å²) in [4.78, 5) is 0. The van der Waals surface area contributed by atoms with Crippen LogP contribution >= 0.6 is 0 Å². The molecule has 1 unspecified atom stereocenters. The zero-order valence-electron chi connectivity index (χ0n) is 9.49. The molecule has 0 aliphatic carbocycles. The Balaban J connectivity index is 2.23. The first-order valence-electron chi connectivity index (χ1n) is 5.59. The van der Waals surface area contributed by atoms with Crippen molar-refractivity contribution in [1.82, 2.24) is 0 Å². The number of hydrogen-bond donors (Lipinski definition) is 0. The van der Waals surface area contributed by atoms with Gasteiger partial charge in [0.05, 0.1) is 13.2 Å². The van der Waals surface area contributed by atoms with Crippen molar-refractivity contribution in [2.75, 3.05) is 6.61 Å². The standard InChI is InChI=1S/C14H20O/c1-3-8-13(4-2)11-15-12-14-9-6-5-7-10-14/h3,5-7,9-10,13H,1,4,8,11-12H2,2H3. The smallest absolute Gasteiger partial charge is 0.0717 e. The van der Waals surface area contributed by atoms with Crippen molar-refractivity contribution < 1.29 is 4.74 Å². The molecule has 1 nitrogen and oxygen atoms in total. The van der Waals surface area contributed by atoms with Gasteiger partial charge in [-0.15, -0.1) is 6.58 Å². The van der Waals surface area contributed by atoms with Crippen LogP contribution in [0.3, 0.4) is 0 Å². The second-order valence-corrected chi connectivity index (χ2v) is 3.80. The van der Waals surface area contributed by atoms with Crippen LogP contribution in [0.1, 0.15) is 25.3 Å². The molecule has 0 spiro atoms. The Morgan fingerprint density at radius 3 is 2.67 bits per heavy atom. The molecule has 1 rings (SSSR count). The second-order valence-electron chi connectivity index (χ2n) is 3.80. The Kier molecular flexibility index (Phi) is 5.79. The fourth-order valence-electron chi connectivity index (χ4n) is 1.51. The van der Waals surface area contributed by atoms with E-state index in [1.54, 1.807) is 0 Å². The van der Waals surface area contributed by atoms with E-state index in [-0.39, 0.29) is 0 Å². The molecule has 0 bridgehead atoms. The summed E-state index contributed by atoms with van der Waals surface area (Å²) in [5.41, 5.74) is 1.24. The Morgan fingerprint density at radius 2 is 2.07 bits per heavy atom. The highest BCUT2D eigenvalue weighted by Gasteiger charge is 2.03. The third kappa shape index (κ3) is 4.80. The average Bonchev–Trinajstić information content (AvgIpc) is 2.29. The van der Waals surface area contributed by atoms with Gasteiger partial charge in [-0.3, -0.25) is 0 Å².